The van der Waals surface area contributed by atoms with Gasteiger partial charge in [-0.1, -0.05) is 15.9 Å². The second-order valence-corrected chi connectivity index (χ2v) is 5.70. The third-order valence-electron chi connectivity index (χ3n) is 2.93. The SMILES string of the molecule is COc1cc(CBr)cc(Br)c1OCC1CCOC1. The first-order valence-corrected chi connectivity index (χ1v) is 7.79. The molecule has 0 aromatic heterocycles. The molecule has 0 aliphatic carbocycles. The molecule has 0 spiro atoms. The van der Waals surface area contributed by atoms with Gasteiger partial charge in [-0.2, -0.15) is 0 Å². The topological polar surface area (TPSA) is 27.7 Å². The van der Waals surface area contributed by atoms with Crippen LogP contribution in [0, 0.1) is 5.92 Å². The minimum Gasteiger partial charge on any atom is -0.493 e. The summed E-state index contributed by atoms with van der Waals surface area (Å²) >= 11 is 6.97. The molecular weight excluding hydrogens is 364 g/mol. The van der Waals surface area contributed by atoms with Crippen molar-refractivity contribution >= 4 is 31.9 Å². The van der Waals surface area contributed by atoms with Crippen molar-refractivity contribution in [3.63, 3.8) is 0 Å². The molecule has 0 radical (unpaired) electrons. The summed E-state index contributed by atoms with van der Waals surface area (Å²) in [6, 6.07) is 4.03. The summed E-state index contributed by atoms with van der Waals surface area (Å²) in [4.78, 5) is 0. The van der Waals surface area contributed by atoms with Gasteiger partial charge in [-0.3, -0.25) is 0 Å². The van der Waals surface area contributed by atoms with Crippen LogP contribution in [0.4, 0.5) is 0 Å². The molecule has 1 atom stereocenters. The van der Waals surface area contributed by atoms with Gasteiger partial charge in [0.05, 0.1) is 24.8 Å². The average molecular weight is 380 g/mol. The van der Waals surface area contributed by atoms with Crippen molar-refractivity contribution in [3.05, 3.63) is 22.2 Å². The van der Waals surface area contributed by atoms with E-state index >= 15 is 0 Å². The highest BCUT2D eigenvalue weighted by molar-refractivity contribution is 9.10. The number of ether oxygens (including phenoxy) is 3. The number of alkyl halides is 1. The first-order chi connectivity index (χ1) is 8.74. The van der Waals surface area contributed by atoms with Gasteiger partial charge in [0.15, 0.2) is 11.5 Å². The van der Waals surface area contributed by atoms with Crippen molar-refractivity contribution in [1.29, 1.82) is 0 Å². The largest absolute Gasteiger partial charge is 0.493 e. The van der Waals surface area contributed by atoms with Gasteiger partial charge in [-0.05, 0) is 40.0 Å². The standard InChI is InChI=1S/C13H16Br2O3/c1-16-12-5-10(6-14)4-11(15)13(12)18-8-9-2-3-17-7-9/h4-5,9H,2-3,6-8H2,1H3. The van der Waals surface area contributed by atoms with Crippen molar-refractivity contribution in [2.45, 2.75) is 11.8 Å². The molecule has 1 saturated heterocycles. The molecule has 0 saturated carbocycles. The van der Waals surface area contributed by atoms with Crippen LogP contribution in [-0.4, -0.2) is 26.9 Å². The molecule has 3 nitrogen and oxygen atoms in total. The first kappa shape index (κ1) is 14.2. The molecule has 1 unspecified atom stereocenters. The second kappa shape index (κ2) is 6.78. The summed E-state index contributed by atoms with van der Waals surface area (Å²) in [6.45, 7) is 2.30. The smallest absolute Gasteiger partial charge is 0.175 e. The van der Waals surface area contributed by atoms with Gasteiger partial charge in [0, 0.05) is 17.9 Å². The zero-order valence-corrected chi connectivity index (χ0v) is 13.4. The molecule has 2 rings (SSSR count). The van der Waals surface area contributed by atoms with Gasteiger partial charge in [-0.15, -0.1) is 0 Å². The fraction of sp³-hybridized carbons (Fsp3) is 0.538. The molecule has 1 aromatic rings. The minimum absolute atomic E-state index is 0.484. The summed E-state index contributed by atoms with van der Waals surface area (Å²) in [5.74, 6) is 2.02. The lowest BCUT2D eigenvalue weighted by Gasteiger charge is -2.15. The highest BCUT2D eigenvalue weighted by Crippen LogP contribution is 2.37. The Bertz CT molecular complexity index is 403. The summed E-state index contributed by atoms with van der Waals surface area (Å²) in [5, 5.41) is 0.790. The predicted octanol–water partition coefficient (Wildman–Crippen LogP) is 3.77. The molecule has 1 fully saturated rings. The fourth-order valence-corrected chi connectivity index (χ4v) is 2.83. The molecule has 0 amide bonds. The van der Waals surface area contributed by atoms with E-state index in [1.54, 1.807) is 7.11 Å². The third kappa shape index (κ3) is 3.39. The van der Waals surface area contributed by atoms with E-state index in [4.69, 9.17) is 14.2 Å². The van der Waals surface area contributed by atoms with E-state index in [1.807, 2.05) is 12.1 Å². The Balaban J connectivity index is 2.10. The summed E-state index contributed by atoms with van der Waals surface area (Å²) < 4.78 is 17.5. The van der Waals surface area contributed by atoms with E-state index in [2.05, 4.69) is 31.9 Å². The average Bonchev–Trinajstić information content (AvgIpc) is 2.89. The van der Waals surface area contributed by atoms with Gasteiger partial charge < -0.3 is 14.2 Å². The zero-order chi connectivity index (χ0) is 13.0. The van der Waals surface area contributed by atoms with Crippen molar-refractivity contribution in [1.82, 2.24) is 0 Å². The maximum Gasteiger partial charge on any atom is 0.175 e. The van der Waals surface area contributed by atoms with Crippen LogP contribution in [0.1, 0.15) is 12.0 Å². The number of hydrogen-bond acceptors (Lipinski definition) is 3. The van der Waals surface area contributed by atoms with Crippen molar-refractivity contribution in [2.75, 3.05) is 26.9 Å². The highest BCUT2D eigenvalue weighted by atomic mass is 79.9. The Kier molecular flexibility index (Phi) is 5.33. The number of rotatable bonds is 5. The predicted molar refractivity (Wildman–Crippen MR) is 77.7 cm³/mol. The van der Waals surface area contributed by atoms with E-state index < -0.39 is 0 Å². The van der Waals surface area contributed by atoms with Gasteiger partial charge >= 0.3 is 0 Å². The van der Waals surface area contributed by atoms with Crippen molar-refractivity contribution in [3.8, 4) is 11.5 Å². The Morgan fingerprint density at radius 3 is 2.89 bits per heavy atom. The quantitative estimate of drug-likeness (QED) is 0.729. The Morgan fingerprint density at radius 1 is 1.44 bits per heavy atom. The summed E-state index contributed by atoms with van der Waals surface area (Å²) in [6.07, 6.45) is 1.07. The Labute approximate surface area is 124 Å². The normalized spacial score (nSPS) is 18.9. The maximum atomic E-state index is 5.88. The summed E-state index contributed by atoms with van der Waals surface area (Å²) in [7, 11) is 1.66. The van der Waals surface area contributed by atoms with Crippen LogP contribution >= 0.6 is 31.9 Å². The van der Waals surface area contributed by atoms with Crippen LogP contribution in [-0.2, 0) is 10.1 Å². The van der Waals surface area contributed by atoms with E-state index in [1.165, 1.54) is 0 Å². The number of hydrogen-bond donors (Lipinski definition) is 0. The van der Waals surface area contributed by atoms with Crippen molar-refractivity contribution < 1.29 is 14.2 Å². The van der Waals surface area contributed by atoms with Crippen LogP contribution in [0.3, 0.4) is 0 Å². The molecule has 0 N–H and O–H groups in total. The number of halogens is 2. The second-order valence-electron chi connectivity index (χ2n) is 4.28. The van der Waals surface area contributed by atoms with Gasteiger partial charge in [-0.25, -0.2) is 0 Å². The minimum atomic E-state index is 0.484. The molecule has 1 heterocycles. The highest BCUT2D eigenvalue weighted by Gasteiger charge is 2.18. The van der Waals surface area contributed by atoms with E-state index in [0.29, 0.717) is 12.5 Å². The number of methoxy groups -OCH3 is 1. The van der Waals surface area contributed by atoms with E-state index in [0.717, 1.165) is 46.5 Å². The molecule has 100 valence electrons. The Hall–Kier alpha value is -0.260. The lowest BCUT2D eigenvalue weighted by molar-refractivity contribution is 0.165. The molecule has 18 heavy (non-hydrogen) atoms. The molecule has 0 bridgehead atoms. The zero-order valence-electron chi connectivity index (χ0n) is 10.2. The molecule has 5 heteroatoms. The lowest BCUT2D eigenvalue weighted by Crippen LogP contribution is -2.12. The number of benzene rings is 1. The summed E-state index contributed by atoms with van der Waals surface area (Å²) in [5.41, 5.74) is 1.15. The third-order valence-corrected chi connectivity index (χ3v) is 4.17. The Morgan fingerprint density at radius 2 is 2.28 bits per heavy atom. The maximum absolute atomic E-state index is 5.88. The molecular formula is C13H16Br2O3. The first-order valence-electron chi connectivity index (χ1n) is 5.87. The lowest BCUT2D eigenvalue weighted by atomic mass is 10.1. The molecule has 1 aliphatic rings. The molecule has 1 aromatic carbocycles. The van der Waals surface area contributed by atoms with E-state index in [-0.39, 0.29) is 0 Å². The van der Waals surface area contributed by atoms with Crippen LogP contribution in [0.5, 0.6) is 11.5 Å². The van der Waals surface area contributed by atoms with Gasteiger partial charge in [0.1, 0.15) is 0 Å². The van der Waals surface area contributed by atoms with Crippen molar-refractivity contribution in [2.24, 2.45) is 5.92 Å². The van der Waals surface area contributed by atoms with Crippen LogP contribution in [0.25, 0.3) is 0 Å². The van der Waals surface area contributed by atoms with Crippen LogP contribution < -0.4 is 9.47 Å². The molecule has 1 aliphatic heterocycles. The van der Waals surface area contributed by atoms with Crippen LogP contribution in [0.15, 0.2) is 16.6 Å². The van der Waals surface area contributed by atoms with Crippen LogP contribution in [0.2, 0.25) is 0 Å². The fourth-order valence-electron chi connectivity index (χ4n) is 1.91. The van der Waals surface area contributed by atoms with Gasteiger partial charge in [0.2, 0.25) is 0 Å². The van der Waals surface area contributed by atoms with Gasteiger partial charge in [0.25, 0.3) is 0 Å². The monoisotopic (exact) mass is 378 g/mol. The van der Waals surface area contributed by atoms with E-state index in [9.17, 15) is 0 Å².